The summed E-state index contributed by atoms with van der Waals surface area (Å²) >= 11 is 0. The van der Waals surface area contributed by atoms with Crippen LogP contribution in [0.3, 0.4) is 0 Å². The van der Waals surface area contributed by atoms with Crippen LogP contribution < -0.4 is 0 Å². The van der Waals surface area contributed by atoms with Crippen molar-refractivity contribution in [1.29, 1.82) is 0 Å². The van der Waals surface area contributed by atoms with Crippen LogP contribution in [-0.4, -0.2) is 37.1 Å². The minimum Gasteiger partial charge on any atom is -0.381 e. The number of carbonyl (C=O) groups is 1. The molecular formula is C16H21NO2. The molecule has 0 saturated carbocycles. The van der Waals surface area contributed by atoms with Gasteiger partial charge < -0.3 is 9.64 Å². The summed E-state index contributed by atoms with van der Waals surface area (Å²) in [5.74, 6) is 1.06. The highest BCUT2D eigenvalue weighted by Crippen LogP contribution is 2.25. The summed E-state index contributed by atoms with van der Waals surface area (Å²) < 4.78 is 5.29. The Labute approximate surface area is 114 Å². The van der Waals surface area contributed by atoms with Gasteiger partial charge in [-0.1, -0.05) is 29.8 Å². The summed E-state index contributed by atoms with van der Waals surface area (Å²) in [5, 5.41) is 0. The average molecular weight is 259 g/mol. The Morgan fingerprint density at radius 3 is 2.95 bits per heavy atom. The van der Waals surface area contributed by atoms with Crippen LogP contribution in [0.25, 0.3) is 0 Å². The van der Waals surface area contributed by atoms with Gasteiger partial charge in [-0.05, 0) is 31.2 Å². The molecule has 2 aliphatic rings. The summed E-state index contributed by atoms with van der Waals surface area (Å²) in [4.78, 5) is 14.1. The van der Waals surface area contributed by atoms with E-state index in [0.717, 1.165) is 32.5 Å². The Bertz CT molecular complexity index is 460. The Balaban J connectivity index is 1.48. The summed E-state index contributed by atoms with van der Waals surface area (Å²) in [6.07, 6.45) is 1.99. The van der Waals surface area contributed by atoms with Gasteiger partial charge in [-0.3, -0.25) is 4.79 Å². The standard InChI is InChI=1S/C16H21NO2/c1-12-3-2-4-13(7-12)8-14-9-17(10-14)16(18)15-5-6-19-11-15/h2-4,7,14-15H,5-6,8-11H2,1H3/t15-/m1/s1. The Hall–Kier alpha value is -1.35. The second-order valence-electron chi connectivity index (χ2n) is 5.86. The first-order chi connectivity index (χ1) is 9.22. The first-order valence-corrected chi connectivity index (χ1v) is 7.14. The lowest BCUT2D eigenvalue weighted by Gasteiger charge is -2.40. The summed E-state index contributed by atoms with van der Waals surface area (Å²) in [6, 6.07) is 8.67. The number of amides is 1. The highest BCUT2D eigenvalue weighted by Gasteiger charge is 2.35. The van der Waals surface area contributed by atoms with Gasteiger partial charge in [0.25, 0.3) is 0 Å². The van der Waals surface area contributed by atoms with Crippen molar-refractivity contribution < 1.29 is 9.53 Å². The fraction of sp³-hybridized carbons (Fsp3) is 0.562. The molecule has 0 radical (unpaired) electrons. The Morgan fingerprint density at radius 1 is 1.42 bits per heavy atom. The van der Waals surface area contributed by atoms with Crippen molar-refractivity contribution in [2.45, 2.75) is 19.8 Å². The molecule has 1 atom stereocenters. The van der Waals surface area contributed by atoms with Crippen LogP contribution in [-0.2, 0) is 16.0 Å². The van der Waals surface area contributed by atoms with E-state index in [-0.39, 0.29) is 5.92 Å². The van der Waals surface area contributed by atoms with E-state index in [9.17, 15) is 4.79 Å². The molecule has 3 nitrogen and oxygen atoms in total. The highest BCUT2D eigenvalue weighted by atomic mass is 16.5. The van der Waals surface area contributed by atoms with Gasteiger partial charge in [0, 0.05) is 19.7 Å². The zero-order chi connectivity index (χ0) is 13.2. The molecule has 102 valence electrons. The fourth-order valence-electron chi connectivity index (χ4n) is 3.04. The molecule has 0 aromatic heterocycles. The van der Waals surface area contributed by atoms with E-state index in [1.165, 1.54) is 11.1 Å². The van der Waals surface area contributed by atoms with E-state index >= 15 is 0 Å². The van der Waals surface area contributed by atoms with Crippen LogP contribution in [0.1, 0.15) is 17.5 Å². The van der Waals surface area contributed by atoms with Crippen molar-refractivity contribution in [2.75, 3.05) is 26.3 Å². The molecule has 0 unspecified atom stereocenters. The van der Waals surface area contributed by atoms with Crippen LogP contribution in [0.4, 0.5) is 0 Å². The highest BCUT2D eigenvalue weighted by molar-refractivity contribution is 5.80. The van der Waals surface area contributed by atoms with Crippen molar-refractivity contribution in [3.63, 3.8) is 0 Å². The monoisotopic (exact) mass is 259 g/mol. The predicted octanol–water partition coefficient (Wildman–Crippen LogP) is 2.03. The maximum Gasteiger partial charge on any atom is 0.228 e. The fourth-order valence-corrected chi connectivity index (χ4v) is 3.04. The van der Waals surface area contributed by atoms with Gasteiger partial charge in [-0.25, -0.2) is 0 Å². The maximum atomic E-state index is 12.1. The molecule has 3 rings (SSSR count). The molecular weight excluding hydrogens is 238 g/mol. The van der Waals surface area contributed by atoms with Crippen LogP contribution in [0.5, 0.6) is 0 Å². The van der Waals surface area contributed by atoms with E-state index in [0.29, 0.717) is 18.4 Å². The number of nitrogens with zero attached hydrogens (tertiary/aromatic N) is 1. The molecule has 2 heterocycles. The van der Waals surface area contributed by atoms with E-state index in [4.69, 9.17) is 4.74 Å². The Morgan fingerprint density at radius 2 is 2.26 bits per heavy atom. The second-order valence-corrected chi connectivity index (χ2v) is 5.86. The number of hydrogen-bond donors (Lipinski definition) is 0. The van der Waals surface area contributed by atoms with Crippen molar-refractivity contribution in [2.24, 2.45) is 11.8 Å². The molecule has 0 aliphatic carbocycles. The van der Waals surface area contributed by atoms with Gasteiger partial charge in [0.15, 0.2) is 0 Å². The summed E-state index contributed by atoms with van der Waals surface area (Å²) in [7, 11) is 0. The quantitative estimate of drug-likeness (QED) is 0.831. The van der Waals surface area contributed by atoms with Gasteiger partial charge in [-0.2, -0.15) is 0 Å². The van der Waals surface area contributed by atoms with Crippen molar-refractivity contribution in [3.05, 3.63) is 35.4 Å². The molecule has 1 amide bonds. The zero-order valence-corrected chi connectivity index (χ0v) is 11.5. The molecule has 2 fully saturated rings. The number of hydrogen-bond acceptors (Lipinski definition) is 2. The minimum atomic E-state index is 0.125. The van der Waals surface area contributed by atoms with Gasteiger partial charge in [0.1, 0.15) is 0 Å². The van der Waals surface area contributed by atoms with Crippen molar-refractivity contribution >= 4 is 5.91 Å². The predicted molar refractivity (Wildman–Crippen MR) is 73.9 cm³/mol. The minimum absolute atomic E-state index is 0.125. The van der Waals surface area contributed by atoms with E-state index in [1.807, 2.05) is 4.90 Å². The number of carbonyl (C=O) groups excluding carboxylic acids is 1. The molecule has 0 bridgehead atoms. The van der Waals surface area contributed by atoms with Crippen LogP contribution in [0, 0.1) is 18.8 Å². The van der Waals surface area contributed by atoms with Crippen LogP contribution in [0.2, 0.25) is 0 Å². The lowest BCUT2D eigenvalue weighted by molar-refractivity contribution is -0.141. The van der Waals surface area contributed by atoms with E-state index in [1.54, 1.807) is 0 Å². The maximum absolute atomic E-state index is 12.1. The lowest BCUT2D eigenvalue weighted by atomic mass is 9.90. The van der Waals surface area contributed by atoms with Gasteiger partial charge in [-0.15, -0.1) is 0 Å². The SMILES string of the molecule is Cc1cccc(CC2CN(C(=O)[C@@H]3CCOC3)C2)c1. The third-order valence-electron chi connectivity index (χ3n) is 4.15. The normalized spacial score (nSPS) is 23.4. The van der Waals surface area contributed by atoms with E-state index < -0.39 is 0 Å². The number of aryl methyl sites for hydroxylation is 1. The molecule has 0 spiro atoms. The molecule has 2 saturated heterocycles. The molecule has 1 aromatic carbocycles. The number of ether oxygens (including phenoxy) is 1. The molecule has 1 aromatic rings. The van der Waals surface area contributed by atoms with Crippen molar-refractivity contribution in [1.82, 2.24) is 4.90 Å². The number of rotatable bonds is 3. The van der Waals surface area contributed by atoms with Crippen LogP contribution >= 0.6 is 0 Å². The third kappa shape index (κ3) is 2.81. The lowest BCUT2D eigenvalue weighted by Crippen LogP contribution is -2.52. The largest absolute Gasteiger partial charge is 0.381 e. The van der Waals surface area contributed by atoms with Gasteiger partial charge in [0.05, 0.1) is 12.5 Å². The summed E-state index contributed by atoms with van der Waals surface area (Å²) in [6.45, 7) is 5.33. The Kier molecular flexibility index (Phi) is 3.56. The molecule has 0 N–H and O–H groups in total. The topological polar surface area (TPSA) is 29.5 Å². The zero-order valence-electron chi connectivity index (χ0n) is 11.5. The smallest absolute Gasteiger partial charge is 0.228 e. The molecule has 3 heteroatoms. The first-order valence-electron chi connectivity index (χ1n) is 7.14. The second kappa shape index (κ2) is 5.33. The van der Waals surface area contributed by atoms with E-state index in [2.05, 4.69) is 31.2 Å². The third-order valence-corrected chi connectivity index (χ3v) is 4.15. The number of likely N-dealkylation sites (tertiary alicyclic amines) is 1. The molecule has 2 aliphatic heterocycles. The molecule has 19 heavy (non-hydrogen) atoms. The van der Waals surface area contributed by atoms with Gasteiger partial charge in [0.2, 0.25) is 5.91 Å². The van der Waals surface area contributed by atoms with Crippen molar-refractivity contribution in [3.8, 4) is 0 Å². The average Bonchev–Trinajstić information content (AvgIpc) is 2.86. The van der Waals surface area contributed by atoms with Crippen LogP contribution in [0.15, 0.2) is 24.3 Å². The summed E-state index contributed by atoms with van der Waals surface area (Å²) in [5.41, 5.74) is 2.70. The van der Waals surface area contributed by atoms with Gasteiger partial charge >= 0.3 is 0 Å². The number of benzene rings is 1. The first kappa shape index (κ1) is 12.7.